The highest BCUT2D eigenvalue weighted by Crippen LogP contribution is 1.81. The van der Waals surface area contributed by atoms with Crippen molar-refractivity contribution in [2.75, 3.05) is 0 Å². The Morgan fingerprint density at radius 1 is 1.80 bits per heavy atom. The molecule has 3 radical (unpaired) electrons. The van der Waals surface area contributed by atoms with E-state index in [1.165, 1.54) is 0 Å². The molecule has 0 heterocycles. The van der Waals surface area contributed by atoms with E-state index in [0.29, 0.717) is 6.04 Å². The van der Waals surface area contributed by atoms with Crippen LogP contribution in [0.2, 0.25) is 6.04 Å². The average Bonchev–Trinajstić information content (AvgIpc) is 1.41. The predicted molar refractivity (Wildman–Crippen MR) is 21.6 cm³/mol. The zero-order valence-corrected chi connectivity index (χ0v) is 4.00. The van der Waals surface area contributed by atoms with Gasteiger partial charge in [-0.1, -0.05) is 13.3 Å². The topological polar surface area (TPSA) is 0 Å². The van der Waals surface area contributed by atoms with Crippen LogP contribution in [-0.4, -0.2) is 9.85 Å². The van der Waals surface area contributed by atoms with Crippen LogP contribution in [-0.2, 0) is 0 Å². The molecule has 0 aliphatic rings. The number of hydrogen-bond acceptors (Lipinski definition) is 0. The van der Waals surface area contributed by atoms with Crippen molar-refractivity contribution in [1.82, 2.24) is 0 Å². The second-order valence-corrected chi connectivity index (χ2v) is 1.50. The third kappa shape index (κ3) is 4.15. The summed E-state index contributed by atoms with van der Waals surface area (Å²) in [5.74, 6) is 0. The molecule has 0 nitrogen and oxygen atoms in total. The maximum Gasteiger partial charge on any atom is 0.294 e. The Morgan fingerprint density at radius 3 is 2.40 bits per heavy atom. The summed E-state index contributed by atoms with van der Waals surface area (Å²) in [6.07, 6.45) is 0.731. The van der Waals surface area contributed by atoms with Crippen LogP contribution in [0.3, 0.4) is 0 Å². The summed E-state index contributed by atoms with van der Waals surface area (Å²) < 4.78 is 11.0. The Labute approximate surface area is 34.4 Å². The van der Waals surface area contributed by atoms with Gasteiger partial charge in [-0.15, -0.1) is 0 Å². The molecule has 0 bridgehead atoms. The summed E-state index contributed by atoms with van der Waals surface area (Å²) in [6.45, 7) is 3.44. The molecular formula is C3H6FSi. The SMILES string of the molecule is [CH2]CC[Si]F. The standard InChI is InChI=1S/C3H6FSi/c1-2-3-5-4/h1-3H2. The van der Waals surface area contributed by atoms with Gasteiger partial charge in [0.05, 0.1) is 0 Å². The van der Waals surface area contributed by atoms with Gasteiger partial charge in [0.2, 0.25) is 0 Å². The molecule has 0 atom stereocenters. The minimum Gasteiger partial charge on any atom is -0.315 e. The van der Waals surface area contributed by atoms with Gasteiger partial charge < -0.3 is 4.11 Å². The van der Waals surface area contributed by atoms with Crippen molar-refractivity contribution in [1.29, 1.82) is 0 Å². The molecule has 0 spiro atoms. The summed E-state index contributed by atoms with van der Waals surface area (Å²) in [5, 5.41) is 0. The molecule has 0 aromatic carbocycles. The first-order valence-electron chi connectivity index (χ1n) is 1.54. The van der Waals surface area contributed by atoms with E-state index in [1.807, 2.05) is 0 Å². The lowest BCUT2D eigenvalue weighted by Gasteiger charge is -1.72. The fraction of sp³-hybridized carbons (Fsp3) is 0.667. The van der Waals surface area contributed by atoms with E-state index < -0.39 is 9.85 Å². The fourth-order valence-electron chi connectivity index (χ4n) is 0.0668. The molecule has 0 aromatic heterocycles. The van der Waals surface area contributed by atoms with Gasteiger partial charge in [-0.25, -0.2) is 0 Å². The molecule has 0 rings (SSSR count). The molecule has 0 aromatic rings. The normalized spacial score (nSPS) is 8.40. The molecule has 0 amide bonds. The van der Waals surface area contributed by atoms with Crippen molar-refractivity contribution in [2.24, 2.45) is 0 Å². The van der Waals surface area contributed by atoms with Crippen LogP contribution in [0.15, 0.2) is 0 Å². The highest BCUT2D eigenvalue weighted by atomic mass is 28.3. The van der Waals surface area contributed by atoms with E-state index in [1.54, 1.807) is 0 Å². The summed E-state index contributed by atoms with van der Waals surface area (Å²) in [6, 6.07) is 0.639. The average molecular weight is 89.2 g/mol. The molecule has 2 heteroatoms. The maximum absolute atomic E-state index is 11.0. The first-order valence-corrected chi connectivity index (χ1v) is 2.63. The van der Waals surface area contributed by atoms with E-state index >= 15 is 0 Å². The van der Waals surface area contributed by atoms with Gasteiger partial charge in [0.25, 0.3) is 9.85 Å². The number of rotatable bonds is 2. The van der Waals surface area contributed by atoms with E-state index in [-0.39, 0.29) is 0 Å². The second kappa shape index (κ2) is 4.15. The predicted octanol–water partition coefficient (Wildman–Crippen LogP) is 1.22. The van der Waals surface area contributed by atoms with Gasteiger partial charge in [-0.05, 0) is 6.04 Å². The van der Waals surface area contributed by atoms with E-state index in [2.05, 4.69) is 6.92 Å². The van der Waals surface area contributed by atoms with Crippen molar-refractivity contribution >= 4 is 9.85 Å². The molecule has 0 fully saturated rings. The van der Waals surface area contributed by atoms with E-state index in [9.17, 15) is 4.11 Å². The second-order valence-electron chi connectivity index (χ2n) is 0.737. The molecule has 0 aliphatic heterocycles. The number of halogens is 1. The molecule has 5 heavy (non-hydrogen) atoms. The molecule has 29 valence electrons. The van der Waals surface area contributed by atoms with Crippen LogP contribution >= 0.6 is 0 Å². The Hall–Kier alpha value is 0.147. The minimum atomic E-state index is -0.405. The van der Waals surface area contributed by atoms with Crippen molar-refractivity contribution in [3.63, 3.8) is 0 Å². The lowest BCUT2D eigenvalue weighted by Crippen LogP contribution is -1.71. The largest absolute Gasteiger partial charge is 0.315 e. The van der Waals surface area contributed by atoms with Gasteiger partial charge in [0.1, 0.15) is 0 Å². The molecule has 0 unspecified atom stereocenters. The van der Waals surface area contributed by atoms with Gasteiger partial charge in [0.15, 0.2) is 0 Å². The van der Waals surface area contributed by atoms with E-state index in [4.69, 9.17) is 0 Å². The maximum atomic E-state index is 11.0. The van der Waals surface area contributed by atoms with Crippen molar-refractivity contribution in [2.45, 2.75) is 12.5 Å². The smallest absolute Gasteiger partial charge is 0.294 e. The zero-order chi connectivity index (χ0) is 4.12. The molecule has 0 saturated heterocycles. The van der Waals surface area contributed by atoms with Crippen molar-refractivity contribution < 1.29 is 4.11 Å². The summed E-state index contributed by atoms with van der Waals surface area (Å²) in [5.41, 5.74) is 0. The van der Waals surface area contributed by atoms with Crippen LogP contribution in [0.5, 0.6) is 0 Å². The van der Waals surface area contributed by atoms with Gasteiger partial charge in [-0.3, -0.25) is 0 Å². The molecule has 0 N–H and O–H groups in total. The quantitative estimate of drug-likeness (QED) is 0.352. The fourth-order valence-corrected chi connectivity index (χ4v) is 0.200. The van der Waals surface area contributed by atoms with Gasteiger partial charge >= 0.3 is 0 Å². The van der Waals surface area contributed by atoms with Crippen LogP contribution in [0.4, 0.5) is 4.11 Å². The molecule has 0 saturated carbocycles. The first kappa shape index (κ1) is 5.15. The van der Waals surface area contributed by atoms with Crippen molar-refractivity contribution in [3.8, 4) is 0 Å². The lowest BCUT2D eigenvalue weighted by atomic mass is 10.6. The minimum absolute atomic E-state index is 0.405. The van der Waals surface area contributed by atoms with Crippen LogP contribution in [0, 0.1) is 6.92 Å². The third-order valence-corrected chi connectivity index (χ3v) is 0.814. The Kier molecular flexibility index (Phi) is 4.27. The third-order valence-electron chi connectivity index (χ3n) is 0.271. The van der Waals surface area contributed by atoms with Crippen molar-refractivity contribution in [3.05, 3.63) is 6.92 Å². The Bertz CT molecular complexity index is 14.4. The highest BCUT2D eigenvalue weighted by Gasteiger charge is 1.77. The Morgan fingerprint density at radius 2 is 2.40 bits per heavy atom. The zero-order valence-electron chi connectivity index (χ0n) is 3.00. The monoisotopic (exact) mass is 89.0 g/mol. The van der Waals surface area contributed by atoms with Crippen LogP contribution in [0.25, 0.3) is 0 Å². The first-order chi connectivity index (χ1) is 2.41. The summed E-state index contributed by atoms with van der Waals surface area (Å²) in [7, 11) is -0.405. The summed E-state index contributed by atoms with van der Waals surface area (Å²) >= 11 is 0. The lowest BCUT2D eigenvalue weighted by molar-refractivity contribution is 0.854. The van der Waals surface area contributed by atoms with Gasteiger partial charge in [0, 0.05) is 0 Å². The molecular weight excluding hydrogens is 83.1 g/mol. The van der Waals surface area contributed by atoms with E-state index in [0.717, 1.165) is 6.42 Å². The van der Waals surface area contributed by atoms with Crippen LogP contribution in [0.1, 0.15) is 6.42 Å². The Balaban J connectivity index is 2.19. The summed E-state index contributed by atoms with van der Waals surface area (Å²) in [4.78, 5) is 0. The highest BCUT2D eigenvalue weighted by molar-refractivity contribution is 6.25. The van der Waals surface area contributed by atoms with Gasteiger partial charge in [-0.2, -0.15) is 0 Å². The van der Waals surface area contributed by atoms with Crippen LogP contribution < -0.4 is 0 Å². The molecule has 0 aliphatic carbocycles. The number of hydrogen-bond donors (Lipinski definition) is 0.